The summed E-state index contributed by atoms with van der Waals surface area (Å²) in [6.45, 7) is -3.11. The van der Waals surface area contributed by atoms with Crippen LogP contribution in [0.3, 0.4) is 0 Å². The number of nitrogens with zero attached hydrogens (tertiary/aromatic N) is 6. The number of thiol groups is 1. The van der Waals surface area contributed by atoms with Gasteiger partial charge in [-0.2, -0.15) is 45.3 Å². The summed E-state index contributed by atoms with van der Waals surface area (Å²) < 4.78 is 216. The molecule has 0 saturated heterocycles. The van der Waals surface area contributed by atoms with Crippen molar-refractivity contribution < 1.29 is 98.7 Å². The van der Waals surface area contributed by atoms with E-state index in [0.29, 0.717) is 10.7 Å². The normalized spacial score (nSPS) is 16.6. The molecule has 3 aromatic heterocycles. The number of aromatic nitrogens is 5. The number of pyridine rings is 1. The van der Waals surface area contributed by atoms with Crippen LogP contribution < -0.4 is 5.32 Å². The molecule has 0 bridgehead atoms. The molecule has 2 aliphatic carbocycles. The number of ether oxygens (including phenoxy) is 1. The van der Waals surface area contributed by atoms with Gasteiger partial charge in [0.25, 0.3) is 5.92 Å². The number of alkyl halides is 8. The molecule has 1 saturated carbocycles. The highest BCUT2D eigenvalue weighted by atomic mass is 35.5. The van der Waals surface area contributed by atoms with Crippen LogP contribution in [0, 0.1) is 29.4 Å². The zero-order valence-electron chi connectivity index (χ0n) is 40.3. The van der Waals surface area contributed by atoms with Gasteiger partial charge in [0.1, 0.15) is 40.9 Å². The van der Waals surface area contributed by atoms with Gasteiger partial charge in [-0.05, 0) is 80.8 Å². The molecule has 0 spiro atoms. The zero-order chi connectivity index (χ0) is 57.8. The van der Waals surface area contributed by atoms with Crippen LogP contribution in [0.15, 0.2) is 42.5 Å². The fourth-order valence-electron chi connectivity index (χ4n) is 8.59. The maximum Gasteiger partial charge on any atom is 0.472 e. The Morgan fingerprint density at radius 1 is 1.00 bits per heavy atom. The first-order valence-corrected chi connectivity index (χ1v) is 27.5. The van der Waals surface area contributed by atoms with Gasteiger partial charge in [-0.15, -0.1) is 0 Å². The Kier molecular flexibility index (Phi) is 16.6. The number of esters is 1. The number of phosphoric ester groups is 1. The maximum atomic E-state index is 15.6. The van der Waals surface area contributed by atoms with Gasteiger partial charge >= 0.3 is 26.1 Å². The average molecular weight is 1190 g/mol. The maximum absolute atomic E-state index is 15.6. The Bertz CT molecular complexity index is 3530. The van der Waals surface area contributed by atoms with Crippen LogP contribution in [-0.4, -0.2) is 97.2 Å². The van der Waals surface area contributed by atoms with Crippen molar-refractivity contribution in [3.8, 4) is 23.0 Å². The van der Waals surface area contributed by atoms with Crippen LogP contribution >= 0.6 is 19.4 Å². The molecule has 0 aliphatic heterocycles. The van der Waals surface area contributed by atoms with Crippen LogP contribution in [-0.2, 0) is 87.1 Å². The fraction of sp³-hybridized carbons (Fsp3) is 0.422. The molecule has 19 nitrogen and oxygen atoms in total. The third-order valence-corrected chi connectivity index (χ3v) is 15.9. The number of amides is 2. The molecule has 1 fully saturated rings. The monoisotopic (exact) mass is 1190 g/mol. The standard InChI is InChI=1S/C45H41ClF10N7O12PS2/c1-42(2,78(3,72)73)12-11-25-7-8-26(27-9-10-30(46)37-32(59-62(39(27)37)20-43(49,50)51)18-63(77(70)71)34(65)5-4-6-35(66)74-21-75-76(67,68)69)38(57-25)31(15-22-13-23(47)16-24(48)14-22)58-33(64)19-61-41-36(40(60-61)45(54,55)56)28-17-29(28)44(41,52)53/h7-10,13-14,16,28-29,31,77H,4-6,15,17-21H2,1-3H3,(H,58,64)(H2,67,68,69)/t28-,29+,31?/m0/s1. The van der Waals surface area contributed by atoms with E-state index >= 15 is 8.78 Å². The largest absolute Gasteiger partial charge is 0.472 e. The van der Waals surface area contributed by atoms with E-state index in [-0.39, 0.29) is 37.8 Å². The van der Waals surface area contributed by atoms with Crippen molar-refractivity contribution in [3.05, 3.63) is 98.7 Å². The second kappa shape index (κ2) is 21.8. The highest BCUT2D eigenvalue weighted by Gasteiger charge is 2.68. The number of halogens is 11. The summed E-state index contributed by atoms with van der Waals surface area (Å²) >= 11 is 6.63. The third-order valence-electron chi connectivity index (χ3n) is 12.4. The summed E-state index contributed by atoms with van der Waals surface area (Å²) in [7, 11) is -12.9. The lowest BCUT2D eigenvalue weighted by molar-refractivity contribution is -0.151. The van der Waals surface area contributed by atoms with Gasteiger partial charge in [0, 0.05) is 53.2 Å². The zero-order valence-corrected chi connectivity index (χ0v) is 43.6. The van der Waals surface area contributed by atoms with E-state index in [0.717, 1.165) is 42.7 Å². The molecule has 1 unspecified atom stereocenters. The Hall–Kier alpha value is -6.16. The number of carbonyl (C=O) groups excluding carboxylic acids is 3. The number of fused-ring (bicyclic) bond motifs is 4. The Balaban J connectivity index is 1.37. The van der Waals surface area contributed by atoms with Crippen LogP contribution in [0.25, 0.3) is 22.0 Å². The van der Waals surface area contributed by atoms with E-state index < -0.39 is 195 Å². The van der Waals surface area contributed by atoms with Gasteiger partial charge in [-0.25, -0.2) is 44.0 Å². The molecular weight excluding hydrogens is 1150 g/mol. The first kappa shape index (κ1) is 59.5. The molecule has 3 atom stereocenters. The van der Waals surface area contributed by atoms with Crippen molar-refractivity contribution in [2.24, 2.45) is 5.92 Å². The second-order valence-electron chi connectivity index (χ2n) is 18.4. The average Bonchev–Trinajstić information content (AvgIpc) is 3.54. The molecule has 0 radical (unpaired) electrons. The van der Waals surface area contributed by atoms with E-state index in [1.165, 1.54) is 13.8 Å². The summed E-state index contributed by atoms with van der Waals surface area (Å²) in [5.41, 5.74) is -6.45. The number of nitrogens with one attached hydrogen (secondary N) is 1. The van der Waals surface area contributed by atoms with Crippen molar-refractivity contribution in [1.29, 1.82) is 0 Å². The lowest BCUT2D eigenvalue weighted by Gasteiger charge is -2.23. The Morgan fingerprint density at radius 3 is 2.26 bits per heavy atom. The van der Waals surface area contributed by atoms with Gasteiger partial charge in [0.2, 0.25) is 29.5 Å². The molecule has 7 rings (SSSR count). The van der Waals surface area contributed by atoms with E-state index in [9.17, 15) is 70.9 Å². The lowest BCUT2D eigenvalue weighted by Crippen LogP contribution is -2.35. The smallest absolute Gasteiger partial charge is 0.438 e. The van der Waals surface area contributed by atoms with Crippen molar-refractivity contribution in [1.82, 2.24) is 34.2 Å². The number of hydrogen-bond acceptors (Lipinski definition) is 13. The van der Waals surface area contributed by atoms with Crippen molar-refractivity contribution in [3.63, 3.8) is 0 Å². The summed E-state index contributed by atoms with van der Waals surface area (Å²) in [6, 6.07) is 4.73. The van der Waals surface area contributed by atoms with Crippen molar-refractivity contribution >= 4 is 68.8 Å². The number of sulfone groups is 1. The predicted octanol–water partition coefficient (Wildman–Crippen LogP) is 6.93. The van der Waals surface area contributed by atoms with Crippen LogP contribution in [0.1, 0.15) is 91.1 Å². The number of benzene rings is 2. The molecule has 78 heavy (non-hydrogen) atoms. The van der Waals surface area contributed by atoms with Crippen LogP contribution in [0.2, 0.25) is 5.02 Å². The first-order chi connectivity index (χ1) is 36.0. The molecule has 2 amide bonds. The predicted molar refractivity (Wildman–Crippen MR) is 252 cm³/mol. The van der Waals surface area contributed by atoms with E-state index in [1.807, 2.05) is 0 Å². The van der Waals surface area contributed by atoms with Gasteiger partial charge in [0.15, 0.2) is 15.5 Å². The summed E-state index contributed by atoms with van der Waals surface area (Å²) in [6.07, 6.45) is -12.3. The van der Waals surface area contributed by atoms with Gasteiger partial charge in [-0.1, -0.05) is 23.6 Å². The summed E-state index contributed by atoms with van der Waals surface area (Å²) in [5, 5.41) is 8.96. The van der Waals surface area contributed by atoms with E-state index in [1.54, 1.807) is 0 Å². The van der Waals surface area contributed by atoms with Gasteiger partial charge in [-0.3, -0.25) is 23.7 Å². The number of hydrogen-bond donors (Lipinski definition) is 4. The number of rotatable bonds is 19. The summed E-state index contributed by atoms with van der Waals surface area (Å²) in [4.78, 5) is 61.5. The summed E-state index contributed by atoms with van der Waals surface area (Å²) in [5.74, 6) is -7.57. The highest BCUT2D eigenvalue weighted by molar-refractivity contribution is 7.92. The topological polar surface area (TPSA) is 259 Å². The SMILES string of the molecule is CC(C)(C#Cc1ccc(-c2ccc(Cl)c3c(CN(C(=O)CCCC(=O)OCOP(=O)(O)O)[SH](=O)=O)nn(CC(F)(F)F)c23)c(C(Cc2cc(F)cc(F)c2)NC(=O)Cn2nc(C(F)(F)F)c3c2C(F)(F)[C@@H]2C[C@H]32)n1)S(C)(=O)=O. The highest BCUT2D eigenvalue weighted by Crippen LogP contribution is 2.68. The number of phosphoric acid groups is 1. The molecule has 3 N–H and O–H groups in total. The number of carbonyl (C=O) groups is 3. The quantitative estimate of drug-likeness (QED) is 0.0163. The minimum absolute atomic E-state index is 0.161. The minimum Gasteiger partial charge on any atom is -0.438 e. The molecule has 422 valence electrons. The molecule has 3 heterocycles. The van der Waals surface area contributed by atoms with E-state index in [2.05, 4.69) is 41.6 Å². The Labute approximate surface area is 441 Å². The lowest BCUT2D eigenvalue weighted by atomic mass is 9.93. The van der Waals surface area contributed by atoms with Crippen LogP contribution in [0.4, 0.5) is 43.9 Å². The van der Waals surface area contributed by atoms with Crippen molar-refractivity contribution in [2.75, 3.05) is 13.0 Å². The molecule has 5 aromatic rings. The third kappa shape index (κ3) is 13.5. The van der Waals surface area contributed by atoms with E-state index in [4.69, 9.17) is 21.4 Å². The second-order valence-corrected chi connectivity index (χ2v) is 23.6. The van der Waals surface area contributed by atoms with Gasteiger partial charge in [0.05, 0.1) is 34.5 Å². The molecular formula is C45H41ClF10N7O12PS2. The molecule has 2 aliphatic rings. The minimum atomic E-state index is -5.24. The first-order valence-electron chi connectivity index (χ1n) is 22.6. The Morgan fingerprint density at radius 2 is 1.65 bits per heavy atom. The fourth-order valence-corrected chi connectivity index (χ4v) is 9.81. The molecule has 2 aromatic carbocycles. The van der Waals surface area contributed by atoms with Gasteiger partial charge < -0.3 is 19.8 Å². The van der Waals surface area contributed by atoms with Crippen LogP contribution in [0.5, 0.6) is 0 Å². The molecule has 33 heteroatoms. The van der Waals surface area contributed by atoms with Crippen molar-refractivity contribution in [2.45, 2.75) is 101 Å².